The molecule has 1 aliphatic heterocycles. The van der Waals surface area contributed by atoms with Gasteiger partial charge in [0.15, 0.2) is 0 Å². The summed E-state index contributed by atoms with van der Waals surface area (Å²) < 4.78 is 25.8. The smallest absolute Gasteiger partial charge is 0.262 e. The minimum atomic E-state index is -2.77. The number of carbonyl (C=O) groups is 1. The van der Waals surface area contributed by atoms with Gasteiger partial charge in [0, 0.05) is 13.0 Å². The number of benzene rings is 1. The van der Waals surface area contributed by atoms with Gasteiger partial charge < -0.3 is 5.32 Å². The van der Waals surface area contributed by atoms with E-state index in [9.17, 15) is 13.6 Å². The lowest BCUT2D eigenvalue weighted by Crippen LogP contribution is -2.39. The Morgan fingerprint density at radius 2 is 2.12 bits per heavy atom. The maximum Gasteiger partial charge on any atom is 0.262 e. The first kappa shape index (κ1) is 12.0. The Bertz CT molecular complexity index is 395. The molecule has 5 heteroatoms. The van der Waals surface area contributed by atoms with E-state index in [1.165, 1.54) is 0 Å². The van der Waals surface area contributed by atoms with Crippen LogP contribution in [0.15, 0.2) is 30.3 Å². The number of rotatable bonds is 3. The molecule has 0 bridgehead atoms. The summed E-state index contributed by atoms with van der Waals surface area (Å²) in [5.74, 6) is -3.14. The number of alkyl halides is 2. The van der Waals surface area contributed by atoms with Crippen LogP contribution in [0, 0.1) is 0 Å². The van der Waals surface area contributed by atoms with Crippen LogP contribution in [-0.4, -0.2) is 24.4 Å². The fourth-order valence-electron chi connectivity index (χ4n) is 1.81. The molecule has 1 fully saturated rings. The van der Waals surface area contributed by atoms with Crippen LogP contribution in [-0.2, 0) is 11.3 Å². The summed E-state index contributed by atoms with van der Waals surface area (Å²) in [7, 11) is 0. The number of carbonyl (C=O) groups excluding carboxylic acids is 1. The summed E-state index contributed by atoms with van der Waals surface area (Å²) in [5.41, 5.74) is 0.950. The maximum absolute atomic E-state index is 12.9. The second-order valence-corrected chi connectivity index (χ2v) is 4.20. The minimum absolute atomic E-state index is 0.365. The van der Waals surface area contributed by atoms with Gasteiger partial charge in [-0.05, 0) is 5.56 Å². The Balaban J connectivity index is 1.83. The molecule has 1 aromatic carbocycles. The van der Waals surface area contributed by atoms with Gasteiger partial charge in [0.2, 0.25) is 5.91 Å². The van der Waals surface area contributed by atoms with Crippen molar-refractivity contribution < 1.29 is 13.6 Å². The summed E-state index contributed by atoms with van der Waals surface area (Å²) in [6.07, 6.45) is -0.423. The van der Waals surface area contributed by atoms with E-state index < -0.39 is 24.9 Å². The minimum Gasteiger partial charge on any atom is -0.351 e. The Morgan fingerprint density at radius 1 is 1.41 bits per heavy atom. The number of amides is 1. The number of halogens is 2. The van der Waals surface area contributed by atoms with Crippen LogP contribution in [0.25, 0.3) is 0 Å². The molecule has 0 radical (unpaired) electrons. The zero-order valence-electron chi connectivity index (χ0n) is 9.25. The molecular formula is C12H14F2N2O. The zero-order valence-corrected chi connectivity index (χ0v) is 9.25. The molecule has 0 unspecified atom stereocenters. The average Bonchev–Trinajstić information content (AvgIpc) is 2.68. The van der Waals surface area contributed by atoms with Gasteiger partial charge in [0.05, 0.1) is 12.6 Å². The average molecular weight is 240 g/mol. The van der Waals surface area contributed by atoms with Crippen LogP contribution in [0.1, 0.15) is 12.0 Å². The third-order valence-corrected chi connectivity index (χ3v) is 2.74. The van der Waals surface area contributed by atoms with Crippen molar-refractivity contribution in [3.63, 3.8) is 0 Å². The third-order valence-electron chi connectivity index (χ3n) is 2.74. The van der Waals surface area contributed by atoms with Crippen molar-refractivity contribution >= 4 is 5.91 Å². The van der Waals surface area contributed by atoms with Gasteiger partial charge in [0.25, 0.3) is 5.92 Å². The van der Waals surface area contributed by atoms with Crippen LogP contribution < -0.4 is 10.6 Å². The summed E-state index contributed by atoms with van der Waals surface area (Å²) >= 11 is 0. The van der Waals surface area contributed by atoms with Crippen LogP contribution in [0.4, 0.5) is 8.78 Å². The topological polar surface area (TPSA) is 41.1 Å². The fourth-order valence-corrected chi connectivity index (χ4v) is 1.81. The van der Waals surface area contributed by atoms with Gasteiger partial charge in [0.1, 0.15) is 0 Å². The van der Waals surface area contributed by atoms with E-state index in [1.807, 2.05) is 30.3 Å². The summed E-state index contributed by atoms with van der Waals surface area (Å²) in [4.78, 5) is 11.6. The van der Waals surface area contributed by atoms with E-state index in [-0.39, 0.29) is 5.91 Å². The highest BCUT2D eigenvalue weighted by Crippen LogP contribution is 2.25. The predicted molar refractivity (Wildman–Crippen MR) is 59.6 cm³/mol. The van der Waals surface area contributed by atoms with Crippen LogP contribution in [0.3, 0.4) is 0 Å². The molecule has 17 heavy (non-hydrogen) atoms. The van der Waals surface area contributed by atoms with E-state index in [0.717, 1.165) is 5.56 Å². The third kappa shape index (κ3) is 3.23. The molecular weight excluding hydrogens is 226 g/mol. The Hall–Kier alpha value is -1.49. The van der Waals surface area contributed by atoms with Gasteiger partial charge in [-0.2, -0.15) is 0 Å². The Morgan fingerprint density at radius 3 is 2.71 bits per heavy atom. The Labute approximate surface area is 98.2 Å². The molecule has 92 valence electrons. The highest BCUT2D eigenvalue weighted by molar-refractivity contribution is 5.82. The van der Waals surface area contributed by atoms with E-state index in [2.05, 4.69) is 10.6 Å². The summed E-state index contributed by atoms with van der Waals surface area (Å²) in [6.45, 7) is -0.0557. The van der Waals surface area contributed by atoms with E-state index in [1.54, 1.807) is 0 Å². The van der Waals surface area contributed by atoms with Gasteiger partial charge >= 0.3 is 0 Å². The van der Waals surface area contributed by atoms with Crippen LogP contribution in [0.5, 0.6) is 0 Å². The first-order chi connectivity index (χ1) is 8.07. The zero-order chi connectivity index (χ0) is 12.3. The Kier molecular flexibility index (Phi) is 3.38. The quantitative estimate of drug-likeness (QED) is 0.836. The van der Waals surface area contributed by atoms with Crippen molar-refractivity contribution in [3.8, 4) is 0 Å². The lowest BCUT2D eigenvalue weighted by molar-refractivity contribution is -0.123. The molecule has 1 aromatic rings. The predicted octanol–water partition coefficient (Wildman–Crippen LogP) is 1.30. The number of nitrogens with one attached hydrogen (secondary N) is 2. The van der Waals surface area contributed by atoms with E-state index in [4.69, 9.17) is 0 Å². The van der Waals surface area contributed by atoms with Gasteiger partial charge in [-0.25, -0.2) is 8.78 Å². The van der Waals surface area contributed by atoms with Crippen molar-refractivity contribution in [1.82, 2.24) is 10.6 Å². The summed E-state index contributed by atoms with van der Waals surface area (Å²) in [5, 5.41) is 5.16. The molecule has 2 rings (SSSR count). The summed E-state index contributed by atoms with van der Waals surface area (Å²) in [6, 6.07) is 8.57. The first-order valence-electron chi connectivity index (χ1n) is 5.50. The normalized spacial score (nSPS) is 22.4. The lowest BCUT2D eigenvalue weighted by atomic mass is 10.1. The molecule has 0 aromatic heterocycles. The largest absolute Gasteiger partial charge is 0.351 e. The van der Waals surface area contributed by atoms with E-state index >= 15 is 0 Å². The van der Waals surface area contributed by atoms with Crippen LogP contribution in [0.2, 0.25) is 0 Å². The lowest BCUT2D eigenvalue weighted by Gasteiger charge is -2.11. The molecule has 1 heterocycles. The molecule has 1 saturated heterocycles. The number of hydrogen-bond acceptors (Lipinski definition) is 2. The molecule has 0 spiro atoms. The molecule has 3 nitrogen and oxygen atoms in total. The fraction of sp³-hybridized carbons (Fsp3) is 0.417. The SMILES string of the molecule is O=C(NCc1ccccc1)[C@H]1CC(F)(F)CN1. The molecule has 1 aliphatic rings. The maximum atomic E-state index is 12.9. The van der Waals surface area contributed by atoms with Crippen molar-refractivity contribution in [3.05, 3.63) is 35.9 Å². The van der Waals surface area contributed by atoms with Gasteiger partial charge in [-0.15, -0.1) is 0 Å². The van der Waals surface area contributed by atoms with Crippen molar-refractivity contribution in [2.24, 2.45) is 0 Å². The number of hydrogen-bond donors (Lipinski definition) is 2. The molecule has 1 amide bonds. The first-order valence-corrected chi connectivity index (χ1v) is 5.50. The monoisotopic (exact) mass is 240 g/mol. The highest BCUT2D eigenvalue weighted by Gasteiger charge is 2.42. The van der Waals surface area contributed by atoms with Crippen molar-refractivity contribution in [2.75, 3.05) is 6.54 Å². The van der Waals surface area contributed by atoms with Crippen molar-refractivity contribution in [2.45, 2.75) is 24.9 Å². The molecule has 1 atom stereocenters. The highest BCUT2D eigenvalue weighted by atomic mass is 19.3. The molecule has 2 N–H and O–H groups in total. The van der Waals surface area contributed by atoms with Crippen LogP contribution >= 0.6 is 0 Å². The van der Waals surface area contributed by atoms with E-state index in [0.29, 0.717) is 6.54 Å². The second kappa shape index (κ2) is 4.79. The second-order valence-electron chi connectivity index (χ2n) is 4.20. The standard InChI is InChI=1S/C12H14F2N2O/c13-12(14)6-10(16-8-12)11(17)15-7-9-4-2-1-3-5-9/h1-5,10,16H,6-8H2,(H,15,17)/t10-/m1/s1. The van der Waals surface area contributed by atoms with Crippen molar-refractivity contribution in [1.29, 1.82) is 0 Å². The molecule has 0 aliphatic carbocycles. The van der Waals surface area contributed by atoms with Gasteiger partial charge in [-0.1, -0.05) is 30.3 Å². The molecule has 0 saturated carbocycles. The van der Waals surface area contributed by atoms with Gasteiger partial charge in [-0.3, -0.25) is 10.1 Å².